The predicted molar refractivity (Wildman–Crippen MR) is 218 cm³/mol. The Kier molecular flexibility index (Phi) is 6.78. The smallest absolute Gasteiger partial charge is 0.145 e. The molecule has 7 aromatic carbocycles. The van der Waals surface area contributed by atoms with Crippen LogP contribution in [0.4, 0.5) is 5.69 Å². The van der Waals surface area contributed by atoms with Gasteiger partial charge in [0.2, 0.25) is 0 Å². The SMILES string of the molecule is c1ccc2c(c1)CC(c1ccc(-n3c(-c4ccc(-c5nc6ccccc6n5-c5ccc(-c6nc7ccccc7[nH]6)cc5)cc4)nc4ccccc43)cc1)=N2. The molecule has 0 amide bonds. The second-order valence-corrected chi connectivity index (χ2v) is 13.7. The number of hydrogen-bond acceptors (Lipinski definition) is 4. The van der Waals surface area contributed by atoms with Crippen molar-refractivity contribution in [2.75, 3.05) is 0 Å². The van der Waals surface area contributed by atoms with Gasteiger partial charge in [-0.1, -0.05) is 91.0 Å². The molecule has 0 saturated carbocycles. The zero-order valence-corrected chi connectivity index (χ0v) is 29.1. The average molecular weight is 694 g/mol. The van der Waals surface area contributed by atoms with E-state index in [0.29, 0.717) is 0 Å². The molecule has 0 radical (unpaired) electrons. The normalized spacial score (nSPS) is 12.5. The lowest BCUT2D eigenvalue weighted by molar-refractivity contribution is 1.09. The molecule has 54 heavy (non-hydrogen) atoms. The van der Waals surface area contributed by atoms with Gasteiger partial charge in [-0.15, -0.1) is 0 Å². The summed E-state index contributed by atoms with van der Waals surface area (Å²) in [5.74, 6) is 2.61. The Morgan fingerprint density at radius 1 is 0.426 bits per heavy atom. The number of aliphatic imine (C=N–C) groups is 1. The fraction of sp³-hybridized carbons (Fsp3) is 0.0213. The number of aromatic nitrogens is 6. The standard InChI is InChI=1S/C47H31N7/c1-2-10-37-34(9-1)29-42(48-37)30-21-25-35(26-22-30)53-43-15-7-5-13-40(43)51-46(53)32-17-19-33(20-18-32)47-52-41-14-6-8-16-44(41)54(47)36-27-23-31(24-28-36)45-49-38-11-3-4-12-39(38)50-45/h1-28H,29H2,(H,49,50). The minimum absolute atomic E-state index is 0.850. The van der Waals surface area contributed by atoms with Gasteiger partial charge < -0.3 is 4.98 Å². The summed E-state index contributed by atoms with van der Waals surface area (Å²) in [6.07, 6.45) is 0.850. The Bertz CT molecular complexity index is 3020. The van der Waals surface area contributed by atoms with Gasteiger partial charge in [0.1, 0.15) is 17.5 Å². The summed E-state index contributed by atoms with van der Waals surface area (Å²) in [5, 5.41) is 0. The average Bonchev–Trinajstić information content (AvgIpc) is 4.03. The molecule has 1 aliphatic rings. The van der Waals surface area contributed by atoms with Gasteiger partial charge in [-0.3, -0.25) is 14.1 Å². The maximum atomic E-state index is 5.15. The first kappa shape index (κ1) is 30.3. The van der Waals surface area contributed by atoms with Crippen LogP contribution >= 0.6 is 0 Å². The molecule has 254 valence electrons. The molecule has 4 heterocycles. The number of aromatic amines is 1. The van der Waals surface area contributed by atoms with E-state index < -0.39 is 0 Å². The summed E-state index contributed by atoms with van der Waals surface area (Å²) in [6.45, 7) is 0. The molecular formula is C47H31N7. The summed E-state index contributed by atoms with van der Waals surface area (Å²) in [5.41, 5.74) is 15.7. The monoisotopic (exact) mass is 693 g/mol. The van der Waals surface area contributed by atoms with Gasteiger partial charge in [-0.25, -0.2) is 15.0 Å². The summed E-state index contributed by atoms with van der Waals surface area (Å²) >= 11 is 0. The molecule has 0 unspecified atom stereocenters. The van der Waals surface area contributed by atoms with Crippen molar-refractivity contribution in [3.63, 3.8) is 0 Å². The molecule has 10 aromatic rings. The number of hydrogen-bond donors (Lipinski definition) is 1. The van der Waals surface area contributed by atoms with Crippen LogP contribution in [-0.2, 0) is 6.42 Å². The van der Waals surface area contributed by atoms with Crippen LogP contribution in [0.5, 0.6) is 0 Å². The Balaban J connectivity index is 0.955. The third-order valence-corrected chi connectivity index (χ3v) is 10.4. The molecule has 0 spiro atoms. The van der Waals surface area contributed by atoms with Gasteiger partial charge in [-0.2, -0.15) is 0 Å². The topological polar surface area (TPSA) is 76.7 Å². The van der Waals surface area contributed by atoms with E-state index >= 15 is 0 Å². The highest BCUT2D eigenvalue weighted by atomic mass is 15.1. The molecule has 0 aliphatic carbocycles. The Hall–Kier alpha value is -7.38. The Morgan fingerprint density at radius 3 is 1.52 bits per heavy atom. The van der Waals surface area contributed by atoms with E-state index in [2.05, 4.69) is 148 Å². The lowest BCUT2D eigenvalue weighted by Gasteiger charge is -2.12. The lowest BCUT2D eigenvalue weighted by Crippen LogP contribution is -2.02. The van der Waals surface area contributed by atoms with Gasteiger partial charge >= 0.3 is 0 Å². The van der Waals surface area contributed by atoms with Crippen molar-refractivity contribution >= 4 is 44.5 Å². The zero-order valence-electron chi connectivity index (χ0n) is 29.1. The van der Waals surface area contributed by atoms with Crippen LogP contribution in [-0.4, -0.2) is 34.8 Å². The zero-order chi connectivity index (χ0) is 35.6. The van der Waals surface area contributed by atoms with Crippen LogP contribution in [0.2, 0.25) is 0 Å². The lowest BCUT2D eigenvalue weighted by atomic mass is 10.0. The highest BCUT2D eigenvalue weighted by Crippen LogP contribution is 2.34. The largest absolute Gasteiger partial charge is 0.338 e. The van der Waals surface area contributed by atoms with Crippen LogP contribution in [0, 0.1) is 0 Å². The quantitative estimate of drug-likeness (QED) is 0.188. The number of rotatable bonds is 6. The molecule has 0 atom stereocenters. The number of nitrogens with one attached hydrogen (secondary N) is 1. The number of fused-ring (bicyclic) bond motifs is 4. The van der Waals surface area contributed by atoms with Crippen molar-refractivity contribution in [3.8, 4) is 45.5 Å². The van der Waals surface area contributed by atoms with Crippen molar-refractivity contribution in [2.24, 2.45) is 4.99 Å². The molecule has 0 bridgehead atoms. The fourth-order valence-electron chi connectivity index (χ4n) is 7.69. The highest BCUT2D eigenvalue weighted by Gasteiger charge is 2.19. The van der Waals surface area contributed by atoms with Crippen LogP contribution in [0.25, 0.3) is 78.6 Å². The maximum Gasteiger partial charge on any atom is 0.145 e. The number of para-hydroxylation sites is 7. The van der Waals surface area contributed by atoms with Gasteiger partial charge in [0.05, 0.1) is 44.5 Å². The van der Waals surface area contributed by atoms with Gasteiger partial charge in [0, 0.05) is 34.5 Å². The van der Waals surface area contributed by atoms with E-state index in [1.807, 2.05) is 36.4 Å². The minimum Gasteiger partial charge on any atom is -0.338 e. The number of benzene rings is 7. The first-order valence-corrected chi connectivity index (χ1v) is 18.1. The first-order chi connectivity index (χ1) is 26.7. The molecule has 1 N–H and O–H groups in total. The summed E-state index contributed by atoms with van der Waals surface area (Å²) in [6, 6.07) is 58.9. The van der Waals surface area contributed by atoms with Crippen molar-refractivity contribution in [1.29, 1.82) is 0 Å². The van der Waals surface area contributed by atoms with E-state index in [0.717, 1.165) is 102 Å². The van der Waals surface area contributed by atoms with Crippen LogP contribution in [0.3, 0.4) is 0 Å². The van der Waals surface area contributed by atoms with Crippen molar-refractivity contribution in [1.82, 2.24) is 29.1 Å². The molecular weight excluding hydrogens is 663 g/mol. The van der Waals surface area contributed by atoms with Crippen molar-refractivity contribution in [3.05, 3.63) is 181 Å². The second-order valence-electron chi connectivity index (χ2n) is 13.7. The van der Waals surface area contributed by atoms with E-state index in [4.69, 9.17) is 19.9 Å². The maximum absolute atomic E-state index is 5.15. The highest BCUT2D eigenvalue weighted by molar-refractivity contribution is 6.06. The second kappa shape index (κ2) is 12.1. The molecule has 7 nitrogen and oxygen atoms in total. The van der Waals surface area contributed by atoms with E-state index in [9.17, 15) is 0 Å². The third kappa shape index (κ3) is 4.98. The summed E-state index contributed by atoms with van der Waals surface area (Å²) in [7, 11) is 0. The molecule has 7 heteroatoms. The summed E-state index contributed by atoms with van der Waals surface area (Å²) in [4.78, 5) is 23.5. The number of imidazole rings is 3. The Morgan fingerprint density at radius 2 is 0.926 bits per heavy atom. The summed E-state index contributed by atoms with van der Waals surface area (Å²) < 4.78 is 4.48. The van der Waals surface area contributed by atoms with Gasteiger partial charge in [0.15, 0.2) is 0 Å². The van der Waals surface area contributed by atoms with E-state index in [1.54, 1.807) is 0 Å². The Labute approximate surface area is 310 Å². The fourth-order valence-corrected chi connectivity index (χ4v) is 7.69. The van der Waals surface area contributed by atoms with E-state index in [1.165, 1.54) is 5.56 Å². The van der Waals surface area contributed by atoms with Gasteiger partial charge in [0.25, 0.3) is 0 Å². The minimum atomic E-state index is 0.850. The van der Waals surface area contributed by atoms with Gasteiger partial charge in [-0.05, 0) is 90.0 Å². The number of nitrogens with zero attached hydrogens (tertiary/aromatic N) is 6. The molecule has 0 saturated heterocycles. The molecule has 1 aliphatic heterocycles. The van der Waals surface area contributed by atoms with Crippen LogP contribution in [0.15, 0.2) is 175 Å². The third-order valence-electron chi connectivity index (χ3n) is 10.4. The number of H-pyrrole nitrogens is 1. The first-order valence-electron chi connectivity index (χ1n) is 18.1. The molecule has 0 fully saturated rings. The van der Waals surface area contributed by atoms with Crippen LogP contribution in [0.1, 0.15) is 11.1 Å². The van der Waals surface area contributed by atoms with Crippen molar-refractivity contribution < 1.29 is 0 Å². The molecule has 11 rings (SSSR count). The van der Waals surface area contributed by atoms with E-state index in [-0.39, 0.29) is 0 Å². The molecule has 3 aromatic heterocycles. The van der Waals surface area contributed by atoms with Crippen LogP contribution < -0.4 is 0 Å². The predicted octanol–water partition coefficient (Wildman–Crippen LogP) is 10.9. The van der Waals surface area contributed by atoms with Crippen molar-refractivity contribution in [2.45, 2.75) is 6.42 Å².